The third-order valence-corrected chi connectivity index (χ3v) is 2.82. The largest absolute Gasteiger partial charge is 0.497 e. The topological polar surface area (TPSA) is 73.6 Å². The highest BCUT2D eigenvalue weighted by molar-refractivity contribution is 5.91. The van der Waals surface area contributed by atoms with Gasteiger partial charge < -0.3 is 14.6 Å². The molecule has 0 atom stereocenters. The summed E-state index contributed by atoms with van der Waals surface area (Å²) in [5.41, 5.74) is 0.964. The molecule has 1 aromatic heterocycles. The maximum Gasteiger partial charge on any atom is 0.339 e. The van der Waals surface area contributed by atoms with Crippen LogP contribution in [0.1, 0.15) is 22.8 Å². The molecular weight excluding hydrogens is 260 g/mol. The molecule has 0 fully saturated rings. The van der Waals surface area contributed by atoms with Crippen molar-refractivity contribution in [3.05, 3.63) is 41.7 Å². The molecule has 0 bridgehead atoms. The summed E-state index contributed by atoms with van der Waals surface area (Å²) >= 11 is 0. The van der Waals surface area contributed by atoms with Crippen LogP contribution < -0.4 is 9.47 Å². The van der Waals surface area contributed by atoms with Crippen LogP contribution >= 0.6 is 0 Å². The van der Waals surface area contributed by atoms with Crippen LogP contribution in [0.5, 0.6) is 11.5 Å². The van der Waals surface area contributed by atoms with Gasteiger partial charge in [-0.3, -0.25) is 4.68 Å². The lowest BCUT2D eigenvalue weighted by Gasteiger charge is -2.09. The van der Waals surface area contributed by atoms with Crippen LogP contribution in [0.25, 0.3) is 0 Å². The molecule has 6 heteroatoms. The molecule has 106 valence electrons. The number of nitrogens with zero attached hydrogens (tertiary/aromatic N) is 2. The first-order valence-corrected chi connectivity index (χ1v) is 6.19. The monoisotopic (exact) mass is 276 g/mol. The average Bonchev–Trinajstić information content (AvgIpc) is 2.92. The number of carboxylic acids is 1. The van der Waals surface area contributed by atoms with Crippen molar-refractivity contribution in [3.8, 4) is 11.5 Å². The van der Waals surface area contributed by atoms with E-state index in [-0.39, 0.29) is 12.2 Å². The highest BCUT2D eigenvalue weighted by atomic mass is 16.5. The number of aromatic nitrogens is 2. The Hall–Kier alpha value is -2.50. The smallest absolute Gasteiger partial charge is 0.339 e. The van der Waals surface area contributed by atoms with E-state index in [1.807, 2.05) is 13.1 Å². The molecule has 0 amide bonds. The van der Waals surface area contributed by atoms with E-state index in [2.05, 4.69) is 5.10 Å². The quantitative estimate of drug-likeness (QED) is 0.875. The summed E-state index contributed by atoms with van der Waals surface area (Å²) in [5.74, 6) is -0.265. The first kappa shape index (κ1) is 13.9. The van der Waals surface area contributed by atoms with Crippen molar-refractivity contribution in [3.63, 3.8) is 0 Å². The van der Waals surface area contributed by atoms with Gasteiger partial charge in [-0.25, -0.2) is 4.79 Å². The van der Waals surface area contributed by atoms with Gasteiger partial charge in [0.15, 0.2) is 0 Å². The van der Waals surface area contributed by atoms with Gasteiger partial charge in [-0.05, 0) is 25.1 Å². The molecule has 20 heavy (non-hydrogen) atoms. The van der Waals surface area contributed by atoms with Gasteiger partial charge >= 0.3 is 5.97 Å². The van der Waals surface area contributed by atoms with Gasteiger partial charge in [0.05, 0.1) is 13.3 Å². The minimum atomic E-state index is -1.05. The summed E-state index contributed by atoms with van der Waals surface area (Å²) in [5, 5.41) is 13.3. The molecule has 0 aliphatic carbocycles. The van der Waals surface area contributed by atoms with Gasteiger partial charge in [-0.2, -0.15) is 5.10 Å². The second kappa shape index (κ2) is 6.10. The zero-order chi connectivity index (χ0) is 14.5. The molecule has 0 unspecified atom stereocenters. The van der Waals surface area contributed by atoms with Gasteiger partial charge in [-0.1, -0.05) is 0 Å². The number of carbonyl (C=O) groups is 1. The molecular formula is C14H16N2O4. The molecule has 1 heterocycles. The van der Waals surface area contributed by atoms with E-state index in [1.165, 1.54) is 13.2 Å². The number of benzene rings is 1. The van der Waals surface area contributed by atoms with E-state index in [1.54, 1.807) is 23.0 Å². The molecule has 1 N–H and O–H groups in total. The fraction of sp³-hybridized carbons (Fsp3) is 0.286. The SMILES string of the molecule is CCn1cc(COc2ccc(OC)cc2C(=O)O)cn1. The van der Waals surface area contributed by atoms with Gasteiger partial charge in [0.1, 0.15) is 23.7 Å². The zero-order valence-corrected chi connectivity index (χ0v) is 11.4. The van der Waals surface area contributed by atoms with Crippen molar-refractivity contribution in [2.45, 2.75) is 20.1 Å². The number of carboxylic acid groups (broad SMARTS) is 1. The van der Waals surface area contributed by atoms with Crippen molar-refractivity contribution in [2.24, 2.45) is 0 Å². The fourth-order valence-corrected chi connectivity index (χ4v) is 1.74. The molecule has 0 aliphatic rings. The Morgan fingerprint density at radius 2 is 2.25 bits per heavy atom. The lowest BCUT2D eigenvalue weighted by atomic mass is 10.2. The van der Waals surface area contributed by atoms with E-state index >= 15 is 0 Å². The van der Waals surface area contributed by atoms with Crippen LogP contribution in [0.4, 0.5) is 0 Å². The van der Waals surface area contributed by atoms with E-state index in [0.717, 1.165) is 12.1 Å². The molecule has 0 spiro atoms. The summed E-state index contributed by atoms with van der Waals surface area (Å²) < 4.78 is 12.3. The normalized spacial score (nSPS) is 10.3. The minimum Gasteiger partial charge on any atom is -0.497 e. The standard InChI is InChI=1S/C14H16N2O4/c1-3-16-8-10(7-15-16)9-20-13-5-4-11(19-2)6-12(13)14(17)18/h4-8H,3,9H2,1-2H3,(H,17,18). The van der Waals surface area contributed by atoms with E-state index in [0.29, 0.717) is 11.5 Å². The predicted molar refractivity (Wildman–Crippen MR) is 72.2 cm³/mol. The molecule has 6 nitrogen and oxygen atoms in total. The van der Waals surface area contributed by atoms with Crippen LogP contribution in [-0.4, -0.2) is 28.0 Å². The third-order valence-electron chi connectivity index (χ3n) is 2.82. The van der Waals surface area contributed by atoms with Crippen LogP contribution in [0.15, 0.2) is 30.6 Å². The number of aromatic carboxylic acids is 1. The maximum absolute atomic E-state index is 11.2. The molecule has 2 aromatic rings. The van der Waals surface area contributed by atoms with Gasteiger partial charge in [0.25, 0.3) is 0 Å². The second-order valence-electron chi connectivity index (χ2n) is 4.16. The second-order valence-corrected chi connectivity index (χ2v) is 4.16. The Bertz CT molecular complexity index is 607. The molecule has 2 rings (SSSR count). The number of hydrogen-bond acceptors (Lipinski definition) is 4. The average molecular weight is 276 g/mol. The lowest BCUT2D eigenvalue weighted by Crippen LogP contribution is -2.03. The third kappa shape index (κ3) is 3.09. The van der Waals surface area contributed by atoms with E-state index < -0.39 is 5.97 Å². The van der Waals surface area contributed by atoms with Gasteiger partial charge in [0, 0.05) is 18.3 Å². The summed E-state index contributed by atoms with van der Waals surface area (Å²) in [6.45, 7) is 3.04. The zero-order valence-electron chi connectivity index (χ0n) is 11.4. The maximum atomic E-state index is 11.2. The Morgan fingerprint density at radius 3 is 2.85 bits per heavy atom. The summed E-state index contributed by atoms with van der Waals surface area (Å²) in [6, 6.07) is 4.69. The number of aryl methyl sites for hydroxylation is 1. The molecule has 0 saturated heterocycles. The highest BCUT2D eigenvalue weighted by Crippen LogP contribution is 2.25. The highest BCUT2D eigenvalue weighted by Gasteiger charge is 2.13. The number of methoxy groups -OCH3 is 1. The van der Waals surface area contributed by atoms with Crippen LogP contribution in [0, 0.1) is 0 Å². The van der Waals surface area contributed by atoms with E-state index in [9.17, 15) is 9.90 Å². The van der Waals surface area contributed by atoms with Crippen molar-refractivity contribution in [2.75, 3.05) is 7.11 Å². The summed E-state index contributed by atoms with van der Waals surface area (Å²) in [4.78, 5) is 11.2. The minimum absolute atomic E-state index is 0.0761. The molecule has 0 saturated carbocycles. The van der Waals surface area contributed by atoms with Crippen LogP contribution in [0.2, 0.25) is 0 Å². The summed E-state index contributed by atoms with van der Waals surface area (Å²) in [6.07, 6.45) is 3.57. The fourth-order valence-electron chi connectivity index (χ4n) is 1.74. The molecule has 0 radical (unpaired) electrons. The van der Waals surface area contributed by atoms with Gasteiger partial charge in [0.2, 0.25) is 0 Å². The van der Waals surface area contributed by atoms with Gasteiger partial charge in [-0.15, -0.1) is 0 Å². The molecule has 1 aromatic carbocycles. The molecule has 0 aliphatic heterocycles. The van der Waals surface area contributed by atoms with E-state index in [4.69, 9.17) is 9.47 Å². The Morgan fingerprint density at radius 1 is 1.45 bits per heavy atom. The number of ether oxygens (including phenoxy) is 2. The van der Waals surface area contributed by atoms with Crippen molar-refractivity contribution < 1.29 is 19.4 Å². The predicted octanol–water partition coefficient (Wildman–Crippen LogP) is 2.19. The first-order valence-electron chi connectivity index (χ1n) is 6.19. The van der Waals surface area contributed by atoms with Crippen molar-refractivity contribution in [1.82, 2.24) is 9.78 Å². The first-order chi connectivity index (χ1) is 9.63. The Balaban J connectivity index is 2.14. The number of rotatable bonds is 6. The van der Waals surface area contributed by atoms with Crippen molar-refractivity contribution in [1.29, 1.82) is 0 Å². The Kier molecular flexibility index (Phi) is 4.24. The lowest BCUT2D eigenvalue weighted by molar-refractivity contribution is 0.0691. The van der Waals surface area contributed by atoms with Crippen molar-refractivity contribution >= 4 is 5.97 Å². The van der Waals surface area contributed by atoms with Crippen LogP contribution in [0.3, 0.4) is 0 Å². The summed E-state index contributed by atoms with van der Waals surface area (Å²) in [7, 11) is 1.49. The number of hydrogen-bond donors (Lipinski definition) is 1. The Labute approximate surface area is 116 Å². The van der Waals surface area contributed by atoms with Crippen LogP contribution in [-0.2, 0) is 13.2 Å².